The van der Waals surface area contributed by atoms with Crippen molar-refractivity contribution in [3.63, 3.8) is 0 Å². The largest absolute Gasteiger partial charge is 0.126 e. The molecule has 5 heteroatoms. The molecule has 0 aliphatic carbocycles. The highest BCUT2D eigenvalue weighted by molar-refractivity contribution is 9.10. The highest BCUT2D eigenvalue weighted by atomic mass is 79.9. The van der Waals surface area contributed by atoms with E-state index in [0.29, 0.717) is 28.2 Å². The maximum Gasteiger partial charge on any atom is 0.0453 e. The maximum atomic E-state index is 6.28. The molecule has 2 aromatic carbocycles. The number of benzene rings is 2. The van der Waals surface area contributed by atoms with E-state index in [1.54, 1.807) is 0 Å². The van der Waals surface area contributed by atoms with Gasteiger partial charge in [0.2, 0.25) is 0 Å². The third-order valence-corrected chi connectivity index (χ3v) is 5.81. The molecule has 0 aliphatic heterocycles. The summed E-state index contributed by atoms with van der Waals surface area (Å²) in [7, 11) is 0. The van der Waals surface area contributed by atoms with Crippen molar-refractivity contribution < 1.29 is 0 Å². The van der Waals surface area contributed by atoms with Crippen LogP contribution in [-0.4, -0.2) is 11.8 Å². The lowest BCUT2D eigenvalue weighted by Gasteiger charge is -2.31. The van der Waals surface area contributed by atoms with Crippen LogP contribution < -0.4 is 0 Å². The van der Waals surface area contributed by atoms with E-state index in [1.807, 2.05) is 42.5 Å². The van der Waals surface area contributed by atoms with Crippen LogP contribution in [0.3, 0.4) is 0 Å². The second kappa shape index (κ2) is 7.57. The Morgan fingerprint density at radius 3 is 1.86 bits per heavy atom. The molecule has 112 valence electrons. The molecular formula is C16H13BrCl4. The van der Waals surface area contributed by atoms with Gasteiger partial charge in [-0.15, -0.1) is 23.2 Å². The molecule has 0 heterocycles. The Morgan fingerprint density at radius 2 is 1.38 bits per heavy atom. The third-order valence-electron chi connectivity index (χ3n) is 3.55. The minimum atomic E-state index is -0.404. The first kappa shape index (κ1) is 17.4. The van der Waals surface area contributed by atoms with Gasteiger partial charge in [0, 0.05) is 31.7 Å². The summed E-state index contributed by atoms with van der Waals surface area (Å²) in [6.07, 6.45) is 0.597. The average Bonchev–Trinajstić information content (AvgIpc) is 2.49. The SMILES string of the molecule is ClCC(CCl)(Cc1c(Cl)cccc1Cl)c1ccc(Br)cc1. The van der Waals surface area contributed by atoms with Gasteiger partial charge in [-0.2, -0.15) is 0 Å². The van der Waals surface area contributed by atoms with E-state index < -0.39 is 5.41 Å². The molecule has 0 saturated carbocycles. The van der Waals surface area contributed by atoms with Crippen LogP contribution in [0.15, 0.2) is 46.9 Å². The molecule has 0 spiro atoms. The number of rotatable bonds is 5. The zero-order valence-corrected chi connectivity index (χ0v) is 15.7. The summed E-state index contributed by atoms with van der Waals surface area (Å²) < 4.78 is 1.01. The predicted molar refractivity (Wildman–Crippen MR) is 97.4 cm³/mol. The van der Waals surface area contributed by atoms with Crippen molar-refractivity contribution in [2.24, 2.45) is 0 Å². The van der Waals surface area contributed by atoms with Gasteiger partial charge in [-0.1, -0.05) is 57.3 Å². The van der Waals surface area contributed by atoms with Crippen molar-refractivity contribution in [3.05, 3.63) is 68.1 Å². The Hall–Kier alpha value is 0.0800. The molecule has 0 amide bonds. The Balaban J connectivity index is 2.45. The van der Waals surface area contributed by atoms with E-state index in [9.17, 15) is 0 Å². The van der Waals surface area contributed by atoms with Crippen LogP contribution in [0.4, 0.5) is 0 Å². The molecule has 0 saturated heterocycles. The first-order valence-corrected chi connectivity index (χ1v) is 8.95. The number of hydrogen-bond donors (Lipinski definition) is 0. The molecule has 0 bridgehead atoms. The van der Waals surface area contributed by atoms with E-state index in [2.05, 4.69) is 15.9 Å². The third kappa shape index (κ3) is 3.89. The van der Waals surface area contributed by atoms with Gasteiger partial charge in [0.15, 0.2) is 0 Å². The first-order chi connectivity index (χ1) is 10.0. The lowest BCUT2D eigenvalue weighted by atomic mass is 9.78. The Labute approximate surface area is 153 Å². The van der Waals surface area contributed by atoms with Crippen molar-refractivity contribution in [2.75, 3.05) is 11.8 Å². The topological polar surface area (TPSA) is 0 Å². The predicted octanol–water partition coefficient (Wildman–Crippen LogP) is 6.71. The molecule has 0 nitrogen and oxygen atoms in total. The maximum absolute atomic E-state index is 6.28. The second-order valence-corrected chi connectivity index (χ2v) is 7.20. The summed E-state index contributed by atoms with van der Waals surface area (Å²) in [5.41, 5.74) is 1.55. The van der Waals surface area contributed by atoms with Gasteiger partial charge >= 0.3 is 0 Å². The molecule has 0 unspecified atom stereocenters. The fourth-order valence-electron chi connectivity index (χ4n) is 2.23. The van der Waals surface area contributed by atoms with Gasteiger partial charge in [-0.05, 0) is 41.8 Å². The van der Waals surface area contributed by atoms with E-state index in [1.165, 1.54) is 0 Å². The van der Waals surface area contributed by atoms with Crippen LogP contribution in [0.25, 0.3) is 0 Å². The van der Waals surface area contributed by atoms with E-state index in [-0.39, 0.29) is 0 Å². The van der Waals surface area contributed by atoms with Gasteiger partial charge in [-0.25, -0.2) is 0 Å². The Bertz CT molecular complexity index is 586. The van der Waals surface area contributed by atoms with Gasteiger partial charge in [0.1, 0.15) is 0 Å². The number of alkyl halides is 2. The Kier molecular flexibility index (Phi) is 6.28. The van der Waals surface area contributed by atoms with Crippen LogP contribution in [0.2, 0.25) is 10.0 Å². The second-order valence-electron chi connectivity index (χ2n) is 4.93. The zero-order valence-electron chi connectivity index (χ0n) is 11.1. The molecule has 2 aromatic rings. The lowest BCUT2D eigenvalue weighted by molar-refractivity contribution is 0.536. The van der Waals surface area contributed by atoms with Crippen molar-refractivity contribution in [3.8, 4) is 0 Å². The molecule has 2 rings (SSSR count). The average molecular weight is 427 g/mol. The smallest absolute Gasteiger partial charge is 0.0453 e. The molecular weight excluding hydrogens is 414 g/mol. The molecule has 0 fully saturated rings. The minimum Gasteiger partial charge on any atom is -0.126 e. The van der Waals surface area contributed by atoms with Gasteiger partial charge in [0.25, 0.3) is 0 Å². The molecule has 21 heavy (non-hydrogen) atoms. The van der Waals surface area contributed by atoms with Gasteiger partial charge in [0.05, 0.1) is 0 Å². The van der Waals surface area contributed by atoms with E-state index in [0.717, 1.165) is 15.6 Å². The molecule has 0 atom stereocenters. The highest BCUT2D eigenvalue weighted by Gasteiger charge is 2.32. The normalized spacial score (nSPS) is 11.7. The molecule has 0 N–H and O–H groups in total. The molecule has 0 aliphatic rings. The van der Waals surface area contributed by atoms with Crippen molar-refractivity contribution >= 4 is 62.3 Å². The lowest BCUT2D eigenvalue weighted by Crippen LogP contribution is -2.33. The molecule has 0 aromatic heterocycles. The number of halogens is 5. The van der Waals surface area contributed by atoms with Gasteiger partial charge in [-0.3, -0.25) is 0 Å². The summed E-state index contributed by atoms with van der Waals surface area (Å²) in [6, 6.07) is 13.5. The molecule has 0 radical (unpaired) electrons. The summed E-state index contributed by atoms with van der Waals surface area (Å²) >= 11 is 28.5. The van der Waals surface area contributed by atoms with Crippen LogP contribution >= 0.6 is 62.3 Å². The fraction of sp³-hybridized carbons (Fsp3) is 0.250. The zero-order chi connectivity index (χ0) is 15.5. The van der Waals surface area contributed by atoms with E-state index in [4.69, 9.17) is 46.4 Å². The van der Waals surface area contributed by atoms with Crippen molar-refractivity contribution in [2.45, 2.75) is 11.8 Å². The summed E-state index contributed by atoms with van der Waals surface area (Å²) in [4.78, 5) is 0. The van der Waals surface area contributed by atoms with Crippen molar-refractivity contribution in [1.29, 1.82) is 0 Å². The highest BCUT2D eigenvalue weighted by Crippen LogP contribution is 2.36. The van der Waals surface area contributed by atoms with Crippen LogP contribution in [-0.2, 0) is 11.8 Å². The fourth-order valence-corrected chi connectivity index (χ4v) is 3.81. The van der Waals surface area contributed by atoms with Crippen LogP contribution in [0.1, 0.15) is 11.1 Å². The van der Waals surface area contributed by atoms with Crippen LogP contribution in [0.5, 0.6) is 0 Å². The first-order valence-electron chi connectivity index (χ1n) is 6.33. The van der Waals surface area contributed by atoms with Gasteiger partial charge < -0.3 is 0 Å². The number of hydrogen-bond acceptors (Lipinski definition) is 0. The Morgan fingerprint density at radius 1 is 0.857 bits per heavy atom. The summed E-state index contributed by atoms with van der Waals surface area (Å²) in [6.45, 7) is 0. The summed E-state index contributed by atoms with van der Waals surface area (Å²) in [5.74, 6) is 0.777. The van der Waals surface area contributed by atoms with E-state index >= 15 is 0 Å². The van der Waals surface area contributed by atoms with Crippen molar-refractivity contribution in [1.82, 2.24) is 0 Å². The summed E-state index contributed by atoms with van der Waals surface area (Å²) in [5, 5.41) is 1.28. The monoisotopic (exact) mass is 424 g/mol. The quantitative estimate of drug-likeness (QED) is 0.466. The van der Waals surface area contributed by atoms with Crippen LogP contribution in [0, 0.1) is 0 Å². The standard InChI is InChI=1S/C16H13BrCl4/c17-12-6-4-11(5-7-12)16(9-18,10-19)8-13-14(20)2-1-3-15(13)21/h1-7H,8-10H2. The minimum absolute atomic E-state index is 0.389.